The molecule has 32 heavy (non-hydrogen) atoms. The molecule has 0 N–H and O–H groups in total. The number of nitro benzene ring substituents is 1. The Bertz CT molecular complexity index is 1160. The van der Waals surface area contributed by atoms with E-state index < -0.39 is 0 Å². The Morgan fingerprint density at radius 3 is 2.66 bits per heavy atom. The zero-order valence-electron chi connectivity index (χ0n) is 17.8. The number of anilines is 1. The Kier molecular flexibility index (Phi) is 5.43. The van der Waals surface area contributed by atoms with Crippen LogP contribution in [0.3, 0.4) is 0 Å². The van der Waals surface area contributed by atoms with Crippen LogP contribution in [-0.4, -0.2) is 48.5 Å². The van der Waals surface area contributed by atoms with Gasteiger partial charge in [-0.3, -0.25) is 14.9 Å². The van der Waals surface area contributed by atoms with Gasteiger partial charge in [-0.2, -0.15) is 0 Å². The van der Waals surface area contributed by atoms with Crippen molar-refractivity contribution in [2.24, 2.45) is 0 Å². The van der Waals surface area contributed by atoms with Crippen LogP contribution in [0.2, 0.25) is 0 Å². The first-order valence-electron chi connectivity index (χ1n) is 11.0. The maximum absolute atomic E-state index is 12.7. The molecule has 2 heterocycles. The summed E-state index contributed by atoms with van der Waals surface area (Å²) in [5.41, 5.74) is 2.83. The van der Waals surface area contributed by atoms with Gasteiger partial charge in [0.2, 0.25) is 0 Å². The average Bonchev–Trinajstić information content (AvgIpc) is 3.20. The van der Waals surface area contributed by atoms with E-state index in [9.17, 15) is 14.9 Å². The zero-order chi connectivity index (χ0) is 22.1. The first-order valence-corrected chi connectivity index (χ1v) is 11.0. The molecule has 0 bridgehead atoms. The summed E-state index contributed by atoms with van der Waals surface area (Å²) in [7, 11) is 0. The number of piperazine rings is 1. The van der Waals surface area contributed by atoms with Crippen molar-refractivity contribution in [2.75, 3.05) is 37.7 Å². The van der Waals surface area contributed by atoms with Gasteiger partial charge >= 0.3 is 0 Å². The topological polar surface area (TPSA) is 89.1 Å². The fourth-order valence-electron chi connectivity index (χ4n) is 4.65. The molecule has 1 aliphatic heterocycles. The van der Waals surface area contributed by atoms with E-state index in [4.69, 9.17) is 9.15 Å². The molecule has 1 aliphatic carbocycles. The predicted molar refractivity (Wildman–Crippen MR) is 120 cm³/mol. The van der Waals surface area contributed by atoms with Gasteiger partial charge in [0.05, 0.1) is 4.92 Å². The molecule has 2 aliphatic rings. The first kappa shape index (κ1) is 20.4. The van der Waals surface area contributed by atoms with Crippen LogP contribution in [0.15, 0.2) is 46.9 Å². The Hall–Kier alpha value is -3.55. The monoisotopic (exact) mass is 435 g/mol. The van der Waals surface area contributed by atoms with Gasteiger partial charge in [0.25, 0.3) is 11.6 Å². The summed E-state index contributed by atoms with van der Waals surface area (Å²) < 4.78 is 11.8. The summed E-state index contributed by atoms with van der Waals surface area (Å²) >= 11 is 0. The second-order valence-corrected chi connectivity index (χ2v) is 8.27. The molecule has 0 atom stereocenters. The third kappa shape index (κ3) is 3.88. The van der Waals surface area contributed by atoms with Crippen molar-refractivity contribution in [2.45, 2.75) is 25.7 Å². The summed E-state index contributed by atoms with van der Waals surface area (Å²) in [5.74, 6) is 1.66. The lowest BCUT2D eigenvalue weighted by Gasteiger charge is -2.35. The van der Waals surface area contributed by atoms with Crippen LogP contribution in [0, 0.1) is 10.1 Å². The molecule has 3 aromatic rings. The number of nitrogens with zero attached hydrogens (tertiary/aromatic N) is 3. The summed E-state index contributed by atoms with van der Waals surface area (Å²) in [6.07, 6.45) is 4.34. The maximum atomic E-state index is 12.7. The molecule has 8 nitrogen and oxygen atoms in total. The highest BCUT2D eigenvalue weighted by atomic mass is 16.6. The molecule has 0 saturated carbocycles. The third-order valence-corrected chi connectivity index (χ3v) is 6.34. The van der Waals surface area contributed by atoms with Crippen molar-refractivity contribution in [3.63, 3.8) is 0 Å². The Balaban J connectivity index is 1.19. The van der Waals surface area contributed by atoms with Gasteiger partial charge in [-0.25, -0.2) is 0 Å². The molecular weight excluding hydrogens is 410 g/mol. The number of hydrogen-bond acceptors (Lipinski definition) is 6. The lowest BCUT2D eigenvalue weighted by molar-refractivity contribution is -0.384. The summed E-state index contributed by atoms with van der Waals surface area (Å²) in [4.78, 5) is 27.3. The molecular formula is C24H25N3O5. The number of ether oxygens (including phenoxy) is 1. The molecule has 5 rings (SSSR count). The highest BCUT2D eigenvalue weighted by Gasteiger charge is 2.26. The lowest BCUT2D eigenvalue weighted by atomic mass is 9.96. The van der Waals surface area contributed by atoms with Crippen LogP contribution >= 0.6 is 0 Å². The number of furan rings is 1. The molecule has 1 amide bonds. The van der Waals surface area contributed by atoms with Crippen molar-refractivity contribution in [1.29, 1.82) is 0 Å². The highest BCUT2D eigenvalue weighted by molar-refractivity contribution is 5.84. The third-order valence-electron chi connectivity index (χ3n) is 6.34. The molecule has 0 unspecified atom stereocenters. The van der Waals surface area contributed by atoms with E-state index in [1.807, 2.05) is 23.1 Å². The molecule has 8 heteroatoms. The van der Waals surface area contributed by atoms with Crippen LogP contribution in [0.5, 0.6) is 5.75 Å². The summed E-state index contributed by atoms with van der Waals surface area (Å²) in [6.45, 7) is 2.06. The van der Waals surface area contributed by atoms with Crippen LogP contribution in [-0.2, 0) is 17.6 Å². The van der Waals surface area contributed by atoms with Crippen LogP contribution in [0.25, 0.3) is 11.0 Å². The van der Waals surface area contributed by atoms with E-state index in [1.54, 1.807) is 23.1 Å². The minimum Gasteiger partial charge on any atom is -0.484 e. The van der Waals surface area contributed by atoms with Gasteiger partial charge in [0.1, 0.15) is 22.8 Å². The van der Waals surface area contributed by atoms with Gasteiger partial charge in [0, 0.05) is 49.6 Å². The number of nitro groups is 1. The normalized spacial score (nSPS) is 16.1. The number of fused-ring (bicyclic) bond motifs is 3. The second kappa shape index (κ2) is 8.53. The van der Waals surface area contributed by atoms with Gasteiger partial charge in [-0.15, -0.1) is 0 Å². The number of hydrogen-bond donors (Lipinski definition) is 0. The van der Waals surface area contributed by atoms with Crippen molar-refractivity contribution in [3.8, 4) is 5.75 Å². The van der Waals surface area contributed by atoms with Crippen LogP contribution < -0.4 is 9.64 Å². The molecule has 166 valence electrons. The number of amides is 1. The average molecular weight is 435 g/mol. The Labute approximate surface area is 185 Å². The standard InChI is InChI=1S/C24H25N3O5/c28-24(26-13-11-25(12-14-26)20-6-2-3-7-21(20)27(29)30)16-31-17-9-10-23-19(15-17)18-5-1-4-8-22(18)32-23/h2-3,6-7,9-10,15H,1,4-5,8,11-14,16H2. The molecule has 1 saturated heterocycles. The minimum atomic E-state index is -0.366. The maximum Gasteiger partial charge on any atom is 0.292 e. The van der Waals surface area contributed by atoms with Crippen molar-refractivity contribution in [1.82, 2.24) is 4.90 Å². The highest BCUT2D eigenvalue weighted by Crippen LogP contribution is 2.34. The number of rotatable bonds is 5. The quantitative estimate of drug-likeness (QED) is 0.445. The molecule has 1 aromatic heterocycles. The Morgan fingerprint density at radius 1 is 1.06 bits per heavy atom. The fraction of sp³-hybridized carbons (Fsp3) is 0.375. The fourth-order valence-corrected chi connectivity index (χ4v) is 4.65. The summed E-state index contributed by atoms with van der Waals surface area (Å²) in [6, 6.07) is 12.5. The predicted octanol–water partition coefficient (Wildman–Crippen LogP) is 3.95. The van der Waals surface area contributed by atoms with Crippen LogP contribution in [0.4, 0.5) is 11.4 Å². The number of para-hydroxylation sites is 2. The van der Waals surface area contributed by atoms with Gasteiger partial charge in [-0.1, -0.05) is 12.1 Å². The van der Waals surface area contributed by atoms with Crippen LogP contribution in [0.1, 0.15) is 24.2 Å². The van der Waals surface area contributed by atoms with E-state index in [0.717, 1.165) is 36.0 Å². The number of carbonyl (C=O) groups excluding carboxylic acids is 1. The number of benzene rings is 2. The van der Waals surface area contributed by atoms with Crippen molar-refractivity contribution >= 4 is 28.3 Å². The molecule has 1 fully saturated rings. The lowest BCUT2D eigenvalue weighted by Crippen LogP contribution is -2.50. The number of carbonyl (C=O) groups is 1. The second-order valence-electron chi connectivity index (χ2n) is 8.27. The largest absolute Gasteiger partial charge is 0.484 e. The van der Waals surface area contributed by atoms with E-state index >= 15 is 0 Å². The smallest absolute Gasteiger partial charge is 0.292 e. The van der Waals surface area contributed by atoms with E-state index in [1.165, 1.54) is 18.1 Å². The van der Waals surface area contributed by atoms with E-state index in [2.05, 4.69) is 0 Å². The molecule has 0 radical (unpaired) electrons. The zero-order valence-corrected chi connectivity index (χ0v) is 17.8. The van der Waals surface area contributed by atoms with Gasteiger partial charge in [0.15, 0.2) is 6.61 Å². The summed E-state index contributed by atoms with van der Waals surface area (Å²) in [5, 5.41) is 12.4. The van der Waals surface area contributed by atoms with Gasteiger partial charge in [-0.05, 0) is 43.5 Å². The SMILES string of the molecule is O=C(COc1ccc2oc3c(c2c1)CCCC3)N1CCN(c2ccccc2[N+](=O)[O-])CC1. The van der Waals surface area contributed by atoms with Crippen molar-refractivity contribution < 1.29 is 18.9 Å². The number of aryl methyl sites for hydroxylation is 2. The van der Waals surface area contributed by atoms with E-state index in [-0.39, 0.29) is 23.1 Å². The molecule has 0 spiro atoms. The van der Waals surface area contributed by atoms with Crippen molar-refractivity contribution in [3.05, 3.63) is 63.9 Å². The Morgan fingerprint density at radius 2 is 1.84 bits per heavy atom. The minimum absolute atomic E-state index is 0.0307. The van der Waals surface area contributed by atoms with Gasteiger partial charge < -0.3 is 19.0 Å². The molecule has 2 aromatic carbocycles. The first-order chi connectivity index (χ1) is 15.6. The van der Waals surface area contributed by atoms with E-state index in [0.29, 0.717) is 37.6 Å².